The largest absolute Gasteiger partial charge is 0.477 e. The fourth-order valence-corrected chi connectivity index (χ4v) is 3.22. The Labute approximate surface area is 140 Å². The Morgan fingerprint density at radius 3 is 2.75 bits per heavy atom. The van der Waals surface area contributed by atoms with Crippen LogP contribution in [-0.4, -0.2) is 48.7 Å². The van der Waals surface area contributed by atoms with Crippen LogP contribution in [0.25, 0.3) is 0 Å². The number of hydrogen-bond donors (Lipinski definition) is 2. The molecule has 0 amide bonds. The van der Waals surface area contributed by atoms with Crippen LogP contribution in [0.1, 0.15) is 41.0 Å². The van der Waals surface area contributed by atoms with Gasteiger partial charge in [0.15, 0.2) is 0 Å². The highest BCUT2D eigenvalue weighted by atomic mass is 16.4. The van der Waals surface area contributed by atoms with Crippen LogP contribution in [0.15, 0.2) is 30.6 Å². The van der Waals surface area contributed by atoms with Gasteiger partial charge in [-0.15, -0.1) is 0 Å². The van der Waals surface area contributed by atoms with Crippen LogP contribution in [0.5, 0.6) is 0 Å². The number of piperidine rings is 1. The normalized spacial score (nSPS) is 17.8. The van der Waals surface area contributed by atoms with E-state index < -0.39 is 12.1 Å². The number of likely N-dealkylation sites (tertiary alicyclic amines) is 1. The summed E-state index contributed by atoms with van der Waals surface area (Å²) in [6, 6.07) is 5.08. The van der Waals surface area contributed by atoms with Crippen molar-refractivity contribution >= 4 is 5.97 Å². The Morgan fingerprint density at radius 1 is 1.38 bits per heavy atom. The van der Waals surface area contributed by atoms with E-state index in [1.807, 2.05) is 23.9 Å². The topological polar surface area (TPSA) is 91.5 Å². The molecule has 3 heterocycles. The first-order valence-electron chi connectivity index (χ1n) is 8.11. The van der Waals surface area contributed by atoms with E-state index in [1.165, 1.54) is 6.07 Å². The monoisotopic (exact) mass is 330 g/mol. The highest BCUT2D eigenvalue weighted by molar-refractivity contribution is 5.85. The van der Waals surface area contributed by atoms with E-state index in [4.69, 9.17) is 5.11 Å². The molecule has 1 fully saturated rings. The summed E-state index contributed by atoms with van der Waals surface area (Å²) in [5, 5.41) is 19.5. The predicted octanol–water partition coefficient (Wildman–Crippen LogP) is 1.46. The molecule has 24 heavy (non-hydrogen) atoms. The number of aryl methyl sites for hydroxylation is 1. The maximum atomic E-state index is 11.0. The van der Waals surface area contributed by atoms with E-state index in [0.29, 0.717) is 12.4 Å². The van der Waals surface area contributed by atoms with Crippen LogP contribution >= 0.6 is 0 Å². The molecule has 2 N–H and O–H groups in total. The molecule has 1 saturated heterocycles. The number of aromatic nitrogens is 3. The minimum atomic E-state index is -1.01. The summed E-state index contributed by atoms with van der Waals surface area (Å²) in [5.74, 6) is -0.0984. The van der Waals surface area contributed by atoms with Gasteiger partial charge in [0.05, 0.1) is 5.69 Å². The molecule has 1 aliphatic heterocycles. The van der Waals surface area contributed by atoms with Gasteiger partial charge in [-0.3, -0.25) is 4.90 Å². The number of carbonyl (C=O) groups is 1. The summed E-state index contributed by atoms with van der Waals surface area (Å²) in [5.41, 5.74) is 0.839. The molecular weight excluding hydrogens is 308 g/mol. The molecule has 0 saturated carbocycles. The molecule has 2 aromatic heterocycles. The Balaban J connectivity index is 1.56. The lowest BCUT2D eigenvalue weighted by atomic mass is 9.90. The summed E-state index contributed by atoms with van der Waals surface area (Å²) < 4.78 is 1.86. The third-order valence-corrected chi connectivity index (χ3v) is 4.61. The Kier molecular flexibility index (Phi) is 4.92. The molecule has 1 atom stereocenters. The van der Waals surface area contributed by atoms with Gasteiger partial charge in [0.1, 0.15) is 17.6 Å². The molecule has 0 aromatic carbocycles. The van der Waals surface area contributed by atoms with Crippen molar-refractivity contribution in [3.8, 4) is 0 Å². The number of aromatic carboxylic acids is 1. The van der Waals surface area contributed by atoms with Crippen molar-refractivity contribution < 1.29 is 15.0 Å². The molecular formula is C17H22N4O3. The Hall–Kier alpha value is -2.25. The summed E-state index contributed by atoms with van der Waals surface area (Å²) >= 11 is 0. The SMILES string of the molecule is Cn1ccnc1[C@H](O)C1CCN(Cc2cccc(C(=O)O)n2)CC1. The van der Waals surface area contributed by atoms with Crippen molar-refractivity contribution in [2.45, 2.75) is 25.5 Å². The lowest BCUT2D eigenvalue weighted by Crippen LogP contribution is -2.36. The number of aliphatic hydroxyl groups is 1. The molecule has 3 rings (SSSR count). The molecule has 128 valence electrons. The molecule has 7 heteroatoms. The van der Waals surface area contributed by atoms with Crippen molar-refractivity contribution in [3.05, 3.63) is 47.8 Å². The molecule has 7 nitrogen and oxygen atoms in total. The fraction of sp³-hybridized carbons (Fsp3) is 0.471. The lowest BCUT2D eigenvalue weighted by Gasteiger charge is -2.33. The zero-order valence-electron chi connectivity index (χ0n) is 13.7. The second-order valence-electron chi connectivity index (χ2n) is 6.27. The number of rotatable bonds is 5. The summed E-state index contributed by atoms with van der Waals surface area (Å²) in [6.07, 6.45) is 4.77. The van der Waals surface area contributed by atoms with Crippen LogP contribution in [-0.2, 0) is 13.6 Å². The van der Waals surface area contributed by atoms with Crippen molar-refractivity contribution in [2.24, 2.45) is 13.0 Å². The second kappa shape index (κ2) is 7.11. The average Bonchev–Trinajstić information content (AvgIpc) is 3.01. The van der Waals surface area contributed by atoms with Crippen LogP contribution in [0.3, 0.4) is 0 Å². The van der Waals surface area contributed by atoms with Crippen LogP contribution in [0, 0.1) is 5.92 Å². The zero-order valence-corrected chi connectivity index (χ0v) is 13.7. The minimum absolute atomic E-state index is 0.0765. The smallest absolute Gasteiger partial charge is 0.354 e. The van der Waals surface area contributed by atoms with Gasteiger partial charge in [-0.25, -0.2) is 14.8 Å². The van der Waals surface area contributed by atoms with Gasteiger partial charge < -0.3 is 14.8 Å². The minimum Gasteiger partial charge on any atom is -0.477 e. The second-order valence-corrected chi connectivity index (χ2v) is 6.27. The van der Waals surface area contributed by atoms with Gasteiger partial charge in [0, 0.05) is 26.0 Å². The standard InChI is InChI=1S/C17H22N4O3/c1-20-10-7-18-16(20)15(22)12-5-8-21(9-6-12)11-13-3-2-4-14(19-13)17(23)24/h2-4,7,10,12,15,22H,5-6,8-9,11H2,1H3,(H,23,24)/t15-/m1/s1. The third-order valence-electron chi connectivity index (χ3n) is 4.61. The van der Waals surface area contributed by atoms with Crippen molar-refractivity contribution in [2.75, 3.05) is 13.1 Å². The number of pyridine rings is 1. The fourth-order valence-electron chi connectivity index (χ4n) is 3.22. The molecule has 0 radical (unpaired) electrons. The molecule has 0 aliphatic carbocycles. The van der Waals surface area contributed by atoms with Crippen molar-refractivity contribution in [3.63, 3.8) is 0 Å². The van der Waals surface area contributed by atoms with Crippen LogP contribution < -0.4 is 0 Å². The molecule has 0 unspecified atom stereocenters. The summed E-state index contributed by atoms with van der Waals surface area (Å²) in [4.78, 5) is 21.6. The maximum Gasteiger partial charge on any atom is 0.354 e. The first-order valence-corrected chi connectivity index (χ1v) is 8.11. The summed E-state index contributed by atoms with van der Waals surface area (Å²) in [7, 11) is 1.89. The van der Waals surface area contributed by atoms with Crippen LogP contribution in [0.2, 0.25) is 0 Å². The van der Waals surface area contributed by atoms with E-state index in [1.54, 1.807) is 12.3 Å². The Bertz CT molecular complexity index is 707. The molecule has 1 aliphatic rings. The molecule has 0 bridgehead atoms. The van der Waals surface area contributed by atoms with E-state index in [-0.39, 0.29) is 11.6 Å². The first kappa shape index (κ1) is 16.6. The number of carboxylic acid groups (broad SMARTS) is 1. The molecule has 2 aromatic rings. The van der Waals surface area contributed by atoms with E-state index >= 15 is 0 Å². The lowest BCUT2D eigenvalue weighted by molar-refractivity contribution is 0.0488. The average molecular weight is 330 g/mol. The van der Waals surface area contributed by atoms with E-state index in [0.717, 1.165) is 31.6 Å². The number of hydrogen-bond acceptors (Lipinski definition) is 5. The highest BCUT2D eigenvalue weighted by Gasteiger charge is 2.28. The van der Waals surface area contributed by atoms with E-state index in [9.17, 15) is 9.90 Å². The van der Waals surface area contributed by atoms with Gasteiger partial charge >= 0.3 is 5.97 Å². The maximum absolute atomic E-state index is 11.0. The third kappa shape index (κ3) is 3.63. The van der Waals surface area contributed by atoms with E-state index in [2.05, 4.69) is 14.9 Å². The number of nitrogens with zero attached hydrogens (tertiary/aromatic N) is 4. The van der Waals surface area contributed by atoms with Gasteiger partial charge in [-0.1, -0.05) is 6.07 Å². The molecule has 0 spiro atoms. The number of imidazole rings is 1. The zero-order chi connectivity index (χ0) is 17.1. The summed E-state index contributed by atoms with van der Waals surface area (Å²) in [6.45, 7) is 2.34. The van der Waals surface area contributed by atoms with Gasteiger partial charge in [0.25, 0.3) is 0 Å². The Morgan fingerprint density at radius 2 is 2.12 bits per heavy atom. The van der Waals surface area contributed by atoms with Crippen molar-refractivity contribution in [1.82, 2.24) is 19.4 Å². The van der Waals surface area contributed by atoms with Gasteiger partial charge in [-0.05, 0) is 44.0 Å². The van der Waals surface area contributed by atoms with Crippen molar-refractivity contribution in [1.29, 1.82) is 0 Å². The highest BCUT2D eigenvalue weighted by Crippen LogP contribution is 2.30. The van der Waals surface area contributed by atoms with Gasteiger partial charge in [-0.2, -0.15) is 0 Å². The van der Waals surface area contributed by atoms with Gasteiger partial charge in [0.2, 0.25) is 0 Å². The predicted molar refractivity (Wildman–Crippen MR) is 87.4 cm³/mol. The number of carboxylic acids is 1. The quantitative estimate of drug-likeness (QED) is 0.862. The van der Waals surface area contributed by atoms with Crippen LogP contribution in [0.4, 0.5) is 0 Å². The number of aliphatic hydroxyl groups excluding tert-OH is 1. The first-order chi connectivity index (χ1) is 11.5.